The zero-order valence-electron chi connectivity index (χ0n) is 15.3. The van der Waals surface area contributed by atoms with Crippen molar-refractivity contribution in [1.82, 2.24) is 0 Å². The molecule has 0 fully saturated rings. The van der Waals surface area contributed by atoms with Gasteiger partial charge in [0, 0.05) is 5.75 Å². The summed E-state index contributed by atoms with van der Waals surface area (Å²) in [5.74, 6) is 1.92. The molecule has 0 aliphatic carbocycles. The summed E-state index contributed by atoms with van der Waals surface area (Å²) in [5.41, 5.74) is 1.64. The third kappa shape index (κ3) is 3.70. The van der Waals surface area contributed by atoms with Gasteiger partial charge in [0.15, 0.2) is 0 Å². The molecule has 1 heterocycles. The van der Waals surface area contributed by atoms with Gasteiger partial charge in [-0.15, -0.1) is 0 Å². The van der Waals surface area contributed by atoms with Gasteiger partial charge in [0.2, 0.25) is 0 Å². The van der Waals surface area contributed by atoms with Gasteiger partial charge < -0.3 is 4.74 Å². The van der Waals surface area contributed by atoms with E-state index in [0.29, 0.717) is 5.41 Å². The maximum Gasteiger partial charge on any atom is 0.119 e. The molecular weight excluding hydrogens is 308 g/mol. The molecule has 0 saturated heterocycles. The molecule has 0 aromatic heterocycles. The summed E-state index contributed by atoms with van der Waals surface area (Å²) in [6.45, 7) is 4.59. The quantitative estimate of drug-likeness (QED) is 0.654. The van der Waals surface area contributed by atoms with Crippen molar-refractivity contribution in [3.8, 4) is 5.75 Å². The Morgan fingerprint density at radius 2 is 1.87 bits per heavy atom. The van der Waals surface area contributed by atoms with Gasteiger partial charge in [-0.25, -0.2) is 0 Å². The molecule has 1 atom stereocenters. The number of hydrogen-bond donors (Lipinski definition) is 0. The molecule has 0 spiro atoms. The molecule has 1 aromatic carbocycles. The first-order valence-corrected chi connectivity index (χ1v) is 10.3. The van der Waals surface area contributed by atoms with E-state index in [1.54, 1.807) is 21.3 Å². The normalized spacial score (nSPS) is 24.6. The fourth-order valence-corrected chi connectivity index (χ4v) is 6.73. The molecule has 2 rings (SSSR count). The van der Waals surface area contributed by atoms with E-state index in [1.807, 2.05) is 6.07 Å². The van der Waals surface area contributed by atoms with E-state index in [1.165, 1.54) is 42.6 Å². The maximum absolute atomic E-state index is 6.07. The van der Waals surface area contributed by atoms with Crippen LogP contribution in [0.1, 0.15) is 51.5 Å². The van der Waals surface area contributed by atoms with Crippen molar-refractivity contribution >= 4 is 10.6 Å². The number of benzene rings is 1. The van der Waals surface area contributed by atoms with E-state index in [-0.39, 0.29) is 0 Å². The molecule has 23 heavy (non-hydrogen) atoms. The van der Waals surface area contributed by atoms with Crippen LogP contribution < -0.4 is 4.74 Å². The second-order valence-electron chi connectivity index (χ2n) is 6.52. The van der Waals surface area contributed by atoms with Gasteiger partial charge in [-0.3, -0.25) is 8.37 Å². The molecule has 0 saturated carbocycles. The third-order valence-electron chi connectivity index (χ3n) is 5.37. The molecule has 1 aliphatic heterocycles. The van der Waals surface area contributed by atoms with Crippen LogP contribution in [0.2, 0.25) is 0 Å². The smallest absolute Gasteiger partial charge is 0.119 e. The van der Waals surface area contributed by atoms with E-state index in [4.69, 9.17) is 13.1 Å². The van der Waals surface area contributed by atoms with Crippen molar-refractivity contribution in [2.45, 2.75) is 57.3 Å². The van der Waals surface area contributed by atoms with Crippen molar-refractivity contribution in [2.24, 2.45) is 5.41 Å². The summed E-state index contributed by atoms with van der Waals surface area (Å²) in [6, 6.07) is 6.35. The molecule has 0 bridgehead atoms. The van der Waals surface area contributed by atoms with Crippen LogP contribution in [0.3, 0.4) is 0 Å². The molecule has 1 aliphatic rings. The van der Waals surface area contributed by atoms with E-state index in [2.05, 4.69) is 26.0 Å². The second-order valence-corrected chi connectivity index (χ2v) is 9.15. The highest BCUT2D eigenvalue weighted by Gasteiger charge is 2.40. The molecule has 0 radical (unpaired) electrons. The number of hydrogen-bond acceptors (Lipinski definition) is 3. The fourth-order valence-electron chi connectivity index (χ4n) is 3.70. The number of aryl methyl sites for hydroxylation is 1. The molecule has 132 valence electrons. The lowest BCUT2D eigenvalue weighted by Crippen LogP contribution is -2.28. The Kier molecular flexibility index (Phi) is 6.40. The van der Waals surface area contributed by atoms with Crippen LogP contribution in [0.25, 0.3) is 0 Å². The minimum Gasteiger partial charge on any atom is -0.497 e. The van der Waals surface area contributed by atoms with Crippen LogP contribution >= 0.6 is 10.6 Å². The van der Waals surface area contributed by atoms with Gasteiger partial charge in [-0.2, -0.15) is 10.6 Å². The predicted molar refractivity (Wildman–Crippen MR) is 98.3 cm³/mol. The molecule has 0 amide bonds. The van der Waals surface area contributed by atoms with Crippen molar-refractivity contribution in [1.29, 1.82) is 0 Å². The van der Waals surface area contributed by atoms with E-state index >= 15 is 0 Å². The molecular formula is C19H32O3S. The van der Waals surface area contributed by atoms with Crippen LogP contribution in [-0.2, 0) is 14.8 Å². The molecule has 3 nitrogen and oxygen atoms in total. The Morgan fingerprint density at radius 1 is 1.13 bits per heavy atom. The van der Waals surface area contributed by atoms with Gasteiger partial charge in [0.05, 0.1) is 26.2 Å². The van der Waals surface area contributed by atoms with Gasteiger partial charge in [0.1, 0.15) is 5.75 Å². The summed E-state index contributed by atoms with van der Waals surface area (Å²) in [6.07, 6.45) is 7.23. The van der Waals surface area contributed by atoms with Crippen molar-refractivity contribution in [3.05, 3.63) is 23.8 Å². The Labute approximate surface area is 143 Å². The van der Waals surface area contributed by atoms with Gasteiger partial charge in [-0.05, 0) is 54.9 Å². The summed E-state index contributed by atoms with van der Waals surface area (Å²) < 4.78 is 17.6. The van der Waals surface area contributed by atoms with Crippen LogP contribution in [0.5, 0.6) is 5.75 Å². The SMILES string of the molecule is CCCCC1(CC)CCc2cc(OC)ccc2S(OC)(OC)C1. The third-order valence-corrected chi connectivity index (χ3v) is 8.51. The molecule has 4 heteroatoms. The first kappa shape index (κ1) is 18.6. The van der Waals surface area contributed by atoms with Gasteiger partial charge >= 0.3 is 0 Å². The van der Waals surface area contributed by atoms with Crippen LogP contribution in [0, 0.1) is 5.41 Å². The lowest BCUT2D eigenvalue weighted by molar-refractivity contribution is 0.244. The highest BCUT2D eigenvalue weighted by molar-refractivity contribution is 8.26. The second kappa shape index (κ2) is 7.91. The zero-order valence-corrected chi connectivity index (χ0v) is 16.1. The predicted octanol–water partition coefficient (Wildman–Crippen LogP) is 5.51. The number of fused-ring (bicyclic) bond motifs is 1. The van der Waals surface area contributed by atoms with Crippen molar-refractivity contribution in [3.63, 3.8) is 0 Å². The average Bonchev–Trinajstić information content (AvgIpc) is 2.75. The summed E-state index contributed by atoms with van der Waals surface area (Å²) >= 11 is 0. The minimum atomic E-state index is -1.70. The topological polar surface area (TPSA) is 27.7 Å². The highest BCUT2D eigenvalue weighted by atomic mass is 32.3. The first-order valence-electron chi connectivity index (χ1n) is 8.68. The number of methoxy groups -OCH3 is 1. The van der Waals surface area contributed by atoms with E-state index in [9.17, 15) is 0 Å². The lowest BCUT2D eigenvalue weighted by Gasteiger charge is -2.47. The van der Waals surface area contributed by atoms with E-state index in [0.717, 1.165) is 17.9 Å². The lowest BCUT2D eigenvalue weighted by atomic mass is 9.77. The first-order chi connectivity index (χ1) is 11.1. The number of ether oxygens (including phenoxy) is 1. The maximum atomic E-state index is 6.07. The molecule has 0 N–H and O–H groups in total. The standard InChI is InChI=1S/C19H32O3S/c1-6-8-12-19(7-2)13-11-16-14-17(20-3)9-10-18(16)23(15-19,21-4)22-5/h9-10,14H,6-8,11-13,15H2,1-5H3. The number of rotatable bonds is 7. The average molecular weight is 341 g/mol. The Bertz CT molecular complexity index is 513. The van der Waals surface area contributed by atoms with Crippen molar-refractivity contribution in [2.75, 3.05) is 27.1 Å². The van der Waals surface area contributed by atoms with Gasteiger partial charge in [-0.1, -0.05) is 26.7 Å². The summed E-state index contributed by atoms with van der Waals surface area (Å²) in [4.78, 5) is 1.25. The Balaban J connectivity index is 2.47. The van der Waals surface area contributed by atoms with Gasteiger partial charge in [0.25, 0.3) is 0 Å². The monoisotopic (exact) mass is 340 g/mol. The van der Waals surface area contributed by atoms with Crippen LogP contribution in [0.4, 0.5) is 0 Å². The van der Waals surface area contributed by atoms with E-state index < -0.39 is 10.6 Å². The summed E-state index contributed by atoms with van der Waals surface area (Å²) in [5, 5.41) is 0. The minimum absolute atomic E-state index is 0.309. The van der Waals surface area contributed by atoms with Crippen LogP contribution in [0.15, 0.2) is 23.1 Å². The molecule has 1 aromatic rings. The Hall–Kier alpha value is -0.710. The fraction of sp³-hybridized carbons (Fsp3) is 0.684. The van der Waals surface area contributed by atoms with Crippen molar-refractivity contribution < 1.29 is 13.1 Å². The summed E-state index contributed by atoms with van der Waals surface area (Å²) in [7, 11) is 3.63. The highest BCUT2D eigenvalue weighted by Crippen LogP contribution is 2.64. The molecule has 1 unspecified atom stereocenters. The number of unbranched alkanes of at least 4 members (excludes halogenated alkanes) is 1. The zero-order chi connectivity index (χ0) is 16.9. The Morgan fingerprint density at radius 3 is 2.43 bits per heavy atom. The largest absolute Gasteiger partial charge is 0.497 e. The van der Waals surface area contributed by atoms with Crippen LogP contribution in [-0.4, -0.2) is 27.1 Å².